The van der Waals surface area contributed by atoms with E-state index in [1.165, 1.54) is 0 Å². The van der Waals surface area contributed by atoms with Crippen molar-refractivity contribution >= 4 is 0 Å². The molecule has 1 nitrogen and oxygen atoms in total. The van der Waals surface area contributed by atoms with Gasteiger partial charge in [-0.3, -0.25) is 0 Å². The van der Waals surface area contributed by atoms with E-state index in [9.17, 15) is 83.4 Å². The fourth-order valence-electron chi connectivity index (χ4n) is 2.28. The summed E-state index contributed by atoms with van der Waals surface area (Å²) in [5, 5.41) is 0. The van der Waals surface area contributed by atoms with Gasteiger partial charge in [0, 0.05) is 0 Å². The maximum absolute atomic E-state index is 13.5. The molecule has 2 unspecified atom stereocenters. The van der Waals surface area contributed by atoms with Crippen LogP contribution in [0.4, 0.5) is 83.4 Å². The van der Waals surface area contributed by atoms with Gasteiger partial charge in [-0.15, -0.1) is 0 Å². The first-order valence-corrected chi connectivity index (χ1v) is 7.26. The zero-order valence-electron chi connectivity index (χ0n) is 14.2. The molecule has 1 heterocycles. The monoisotopic (exact) mass is 526 g/mol. The van der Waals surface area contributed by atoms with E-state index in [0.29, 0.717) is 6.92 Å². The number of hydrogen-bond donors (Lipinski definition) is 0. The van der Waals surface area contributed by atoms with Crippen molar-refractivity contribution in [2.24, 2.45) is 0 Å². The van der Waals surface area contributed by atoms with Crippen molar-refractivity contribution in [1.29, 1.82) is 0 Å². The molecule has 0 radical (unpaired) electrons. The average Bonchev–Trinajstić information content (AvgIpc) is 3.28. The molecule has 1 fully saturated rings. The maximum atomic E-state index is 13.5. The molecular weight excluding hydrogens is 521 g/mol. The van der Waals surface area contributed by atoms with Crippen molar-refractivity contribution in [2.75, 3.05) is 0 Å². The molecule has 192 valence electrons. The summed E-state index contributed by atoms with van der Waals surface area (Å²) in [5.74, 6) is -49.7. The highest BCUT2D eigenvalue weighted by atomic mass is 19.4. The van der Waals surface area contributed by atoms with Crippen LogP contribution in [0.2, 0.25) is 0 Å². The van der Waals surface area contributed by atoms with Crippen LogP contribution in [0.5, 0.6) is 0 Å². The lowest BCUT2D eigenvalue weighted by Crippen LogP contribution is -2.78. The molecule has 1 saturated heterocycles. The Balaban J connectivity index is 3.76. The number of halogens is 19. The van der Waals surface area contributed by atoms with Crippen LogP contribution in [0, 0.1) is 0 Å². The molecule has 0 aromatic carbocycles. The number of ether oxygens (including phenoxy) is 1. The van der Waals surface area contributed by atoms with Crippen molar-refractivity contribution in [3.63, 3.8) is 0 Å². The van der Waals surface area contributed by atoms with Crippen LogP contribution >= 0.6 is 0 Å². The van der Waals surface area contributed by atoms with Crippen molar-refractivity contribution in [2.45, 2.75) is 72.7 Å². The van der Waals surface area contributed by atoms with E-state index in [0.717, 1.165) is 0 Å². The summed E-state index contributed by atoms with van der Waals surface area (Å²) < 4.78 is 252. The Kier molecular flexibility index (Phi) is 6.12. The zero-order valence-corrected chi connectivity index (χ0v) is 14.2. The topological polar surface area (TPSA) is 12.5 Å². The Hall–Kier alpha value is -1.37. The minimum absolute atomic E-state index is 0.414. The second-order valence-corrected chi connectivity index (χ2v) is 6.41. The van der Waals surface area contributed by atoms with Gasteiger partial charge in [-0.05, 0) is 6.92 Å². The zero-order chi connectivity index (χ0) is 26.4. The molecule has 0 amide bonds. The number of hydrogen-bond acceptors (Lipinski definition) is 1. The van der Waals surface area contributed by atoms with Gasteiger partial charge in [-0.25, -0.2) is 4.39 Å². The predicted molar refractivity (Wildman–Crippen MR) is 60.0 cm³/mol. The minimum Gasteiger partial charge on any atom is -0.363 e. The standard InChI is InChI=1S/C12H5F19O/c1-2-3(32-2)4(13,14)6(16,17)8(20,21)10(24,25)9(22,23)7(18,19)5(15,11(26,27)28)12(29,30)31/h2-3H,1H3. The molecule has 1 aliphatic heterocycles. The van der Waals surface area contributed by atoms with E-state index < -0.39 is 65.8 Å². The summed E-state index contributed by atoms with van der Waals surface area (Å²) in [6, 6.07) is 0. The minimum atomic E-state index is -8.99. The van der Waals surface area contributed by atoms with Gasteiger partial charge in [-0.1, -0.05) is 0 Å². The lowest BCUT2D eigenvalue weighted by Gasteiger charge is -2.44. The molecule has 1 rings (SSSR count). The van der Waals surface area contributed by atoms with Gasteiger partial charge in [-0.2, -0.15) is 79.0 Å². The van der Waals surface area contributed by atoms with Gasteiger partial charge in [0.05, 0.1) is 6.10 Å². The normalized spacial score (nSPS) is 22.9. The number of alkyl halides is 19. The smallest absolute Gasteiger partial charge is 0.363 e. The molecule has 1 aliphatic rings. The molecule has 0 N–H and O–H groups in total. The molecule has 0 aromatic heterocycles. The molecule has 0 aliphatic carbocycles. The van der Waals surface area contributed by atoms with Crippen LogP contribution < -0.4 is 0 Å². The molecule has 20 heteroatoms. The fraction of sp³-hybridized carbons (Fsp3) is 1.00. The quantitative estimate of drug-likeness (QED) is 0.276. The van der Waals surface area contributed by atoms with Crippen LogP contribution in [0.3, 0.4) is 0 Å². The van der Waals surface area contributed by atoms with Gasteiger partial charge in [0.2, 0.25) is 0 Å². The van der Waals surface area contributed by atoms with E-state index in [4.69, 9.17) is 0 Å². The molecule has 0 aromatic rings. The fourth-order valence-corrected chi connectivity index (χ4v) is 2.28. The highest BCUT2D eigenvalue weighted by Gasteiger charge is 2.98. The van der Waals surface area contributed by atoms with E-state index in [2.05, 4.69) is 4.74 Å². The van der Waals surface area contributed by atoms with Gasteiger partial charge < -0.3 is 4.74 Å². The van der Waals surface area contributed by atoms with Crippen molar-refractivity contribution in [3.05, 3.63) is 0 Å². The Morgan fingerprint density at radius 2 is 0.688 bits per heavy atom. The Bertz CT molecular complexity index is 701. The summed E-state index contributed by atoms with van der Waals surface area (Å²) in [5.41, 5.74) is -8.72. The van der Waals surface area contributed by atoms with Crippen LogP contribution in [0.25, 0.3) is 0 Å². The lowest BCUT2D eigenvalue weighted by atomic mass is 9.83. The highest BCUT2D eigenvalue weighted by molar-refractivity contribution is 5.20. The third-order valence-corrected chi connectivity index (χ3v) is 4.28. The molecule has 0 bridgehead atoms. The predicted octanol–water partition coefficient (Wildman–Crippen LogP) is 6.42. The van der Waals surface area contributed by atoms with Crippen molar-refractivity contribution in [3.8, 4) is 0 Å². The number of epoxide rings is 1. The SMILES string of the molecule is CC1OC1C(F)(F)C(F)(F)C(F)(F)C(F)(F)C(F)(F)C(F)(F)C(F)(C(F)(F)F)C(F)(F)F. The van der Waals surface area contributed by atoms with E-state index in [1.54, 1.807) is 0 Å². The maximum Gasteiger partial charge on any atom is 0.438 e. The second-order valence-electron chi connectivity index (χ2n) is 6.41. The van der Waals surface area contributed by atoms with Gasteiger partial charge >= 0.3 is 53.6 Å². The first-order chi connectivity index (χ1) is 13.5. The van der Waals surface area contributed by atoms with Crippen LogP contribution in [-0.2, 0) is 4.74 Å². The highest BCUT2D eigenvalue weighted by Crippen LogP contribution is 2.66. The molecular formula is C12H5F19O. The van der Waals surface area contributed by atoms with Crippen LogP contribution in [-0.4, -0.2) is 65.8 Å². The molecule has 2 atom stereocenters. The summed E-state index contributed by atoms with van der Waals surface area (Å²) in [6.07, 6.45) is -22.1. The summed E-state index contributed by atoms with van der Waals surface area (Å²) in [6.45, 7) is 0.414. The van der Waals surface area contributed by atoms with Gasteiger partial charge in [0.1, 0.15) is 0 Å². The Morgan fingerprint density at radius 3 is 0.938 bits per heavy atom. The van der Waals surface area contributed by atoms with Gasteiger partial charge in [0.25, 0.3) is 0 Å². The first kappa shape index (κ1) is 28.7. The van der Waals surface area contributed by atoms with E-state index in [-0.39, 0.29) is 0 Å². The van der Waals surface area contributed by atoms with Crippen LogP contribution in [0.1, 0.15) is 6.92 Å². The van der Waals surface area contributed by atoms with Crippen molar-refractivity contribution in [1.82, 2.24) is 0 Å². The van der Waals surface area contributed by atoms with Gasteiger partial charge in [0.15, 0.2) is 6.10 Å². The largest absolute Gasteiger partial charge is 0.438 e. The Morgan fingerprint density at radius 1 is 0.438 bits per heavy atom. The Labute approximate surface area is 162 Å². The van der Waals surface area contributed by atoms with Crippen molar-refractivity contribution < 1.29 is 88.2 Å². The average molecular weight is 526 g/mol. The summed E-state index contributed by atoms with van der Waals surface area (Å²) in [4.78, 5) is 0. The molecule has 0 saturated carbocycles. The summed E-state index contributed by atoms with van der Waals surface area (Å²) in [7, 11) is 0. The van der Waals surface area contributed by atoms with E-state index >= 15 is 0 Å². The number of rotatable bonds is 7. The molecule has 0 spiro atoms. The van der Waals surface area contributed by atoms with Crippen LogP contribution in [0.15, 0.2) is 0 Å². The lowest BCUT2D eigenvalue weighted by molar-refractivity contribution is -0.472. The first-order valence-electron chi connectivity index (χ1n) is 7.26. The molecule has 32 heavy (non-hydrogen) atoms. The second kappa shape index (κ2) is 6.83. The van der Waals surface area contributed by atoms with E-state index in [1.807, 2.05) is 0 Å². The summed E-state index contributed by atoms with van der Waals surface area (Å²) >= 11 is 0. The third kappa shape index (κ3) is 3.20. The third-order valence-electron chi connectivity index (χ3n) is 4.28.